The van der Waals surface area contributed by atoms with Crippen LogP contribution in [0.4, 0.5) is 10.1 Å². The Balaban J connectivity index is 2.20. The molecule has 2 aromatic carbocycles. The van der Waals surface area contributed by atoms with Gasteiger partial charge in [-0.2, -0.15) is 0 Å². The Hall–Kier alpha value is -2.47. The molecule has 0 bridgehead atoms. The van der Waals surface area contributed by atoms with Gasteiger partial charge in [0, 0.05) is 22.9 Å². The number of rotatable bonds is 3. The first kappa shape index (κ1) is 13.0. The predicted octanol–water partition coefficient (Wildman–Crippen LogP) is 3.69. The van der Waals surface area contributed by atoms with Crippen LogP contribution in [0.15, 0.2) is 42.5 Å². The minimum atomic E-state index is -0.437. The van der Waals surface area contributed by atoms with Crippen LogP contribution in [0.2, 0.25) is 0 Å². The highest BCUT2D eigenvalue weighted by atomic mass is 19.1. The summed E-state index contributed by atoms with van der Waals surface area (Å²) >= 11 is 0. The zero-order valence-electron chi connectivity index (χ0n) is 10.5. The monoisotopic (exact) mass is 255 g/mol. The second-order valence-corrected chi connectivity index (χ2v) is 4.30. The van der Waals surface area contributed by atoms with E-state index in [1.54, 1.807) is 6.07 Å². The van der Waals surface area contributed by atoms with Gasteiger partial charge in [-0.15, -0.1) is 6.42 Å². The largest absolute Gasteiger partial charge is 0.508 e. The average Bonchev–Trinajstić information content (AvgIpc) is 2.38. The zero-order valence-corrected chi connectivity index (χ0v) is 10.5. The zero-order chi connectivity index (χ0) is 13.8. The van der Waals surface area contributed by atoms with Crippen LogP contribution < -0.4 is 5.32 Å². The Kier molecular flexibility index (Phi) is 3.72. The average molecular weight is 255 g/mol. The van der Waals surface area contributed by atoms with E-state index >= 15 is 0 Å². The van der Waals surface area contributed by atoms with E-state index in [1.165, 1.54) is 6.07 Å². The summed E-state index contributed by atoms with van der Waals surface area (Å²) in [6, 6.07) is 11.3. The number of nitrogens with one attached hydrogen (secondary N) is 1. The van der Waals surface area contributed by atoms with E-state index < -0.39 is 5.82 Å². The number of halogens is 1. The van der Waals surface area contributed by atoms with Crippen LogP contribution in [0, 0.1) is 18.2 Å². The van der Waals surface area contributed by atoms with E-state index in [0.717, 1.165) is 17.3 Å². The summed E-state index contributed by atoms with van der Waals surface area (Å²) in [5.41, 5.74) is 2.09. The molecule has 0 aromatic heterocycles. The molecular weight excluding hydrogens is 241 g/mol. The molecular formula is C16H14FNO. The molecule has 2 rings (SSSR count). The molecule has 0 heterocycles. The molecule has 0 amide bonds. The molecule has 0 aliphatic rings. The fourth-order valence-electron chi connectivity index (χ4n) is 1.89. The van der Waals surface area contributed by atoms with Gasteiger partial charge in [-0.25, -0.2) is 4.39 Å². The number of phenols is 1. The van der Waals surface area contributed by atoms with Crippen molar-refractivity contribution in [1.29, 1.82) is 0 Å². The molecule has 2 nitrogen and oxygen atoms in total. The molecule has 0 aliphatic heterocycles. The first-order valence-electron chi connectivity index (χ1n) is 5.92. The van der Waals surface area contributed by atoms with E-state index in [0.29, 0.717) is 5.56 Å². The maximum absolute atomic E-state index is 13.7. The number of benzene rings is 2. The van der Waals surface area contributed by atoms with Gasteiger partial charge >= 0.3 is 0 Å². The molecule has 2 aromatic rings. The third-order valence-electron chi connectivity index (χ3n) is 2.86. The second kappa shape index (κ2) is 5.45. The molecule has 2 N–H and O–H groups in total. The molecule has 0 saturated carbocycles. The highest BCUT2D eigenvalue weighted by Crippen LogP contribution is 2.24. The lowest BCUT2D eigenvalue weighted by Crippen LogP contribution is -2.08. The van der Waals surface area contributed by atoms with Crippen molar-refractivity contribution in [2.45, 2.75) is 13.0 Å². The van der Waals surface area contributed by atoms with Crippen molar-refractivity contribution in [3.63, 3.8) is 0 Å². The lowest BCUT2D eigenvalue weighted by Gasteiger charge is -2.16. The number of phenolic OH excluding ortho intramolecular Hbond substituents is 1. The quantitative estimate of drug-likeness (QED) is 0.820. The second-order valence-electron chi connectivity index (χ2n) is 4.30. The van der Waals surface area contributed by atoms with Crippen LogP contribution in [0.5, 0.6) is 5.75 Å². The Bertz CT molecular complexity index is 631. The van der Waals surface area contributed by atoms with Crippen LogP contribution in [0.1, 0.15) is 24.1 Å². The van der Waals surface area contributed by atoms with Gasteiger partial charge in [0.15, 0.2) is 0 Å². The van der Waals surface area contributed by atoms with Crippen LogP contribution in [-0.2, 0) is 0 Å². The maximum atomic E-state index is 13.7. The number of aromatic hydroxyl groups is 1. The molecule has 0 radical (unpaired) electrons. The number of hydrogen-bond donors (Lipinski definition) is 2. The Morgan fingerprint density at radius 1 is 1.26 bits per heavy atom. The van der Waals surface area contributed by atoms with Crippen molar-refractivity contribution in [2.24, 2.45) is 0 Å². The molecule has 3 heteroatoms. The van der Waals surface area contributed by atoms with Crippen molar-refractivity contribution in [3.05, 3.63) is 59.4 Å². The minimum Gasteiger partial charge on any atom is -0.508 e. The first-order chi connectivity index (χ1) is 9.10. The van der Waals surface area contributed by atoms with Crippen molar-refractivity contribution in [2.75, 3.05) is 5.32 Å². The van der Waals surface area contributed by atoms with E-state index in [9.17, 15) is 9.50 Å². The van der Waals surface area contributed by atoms with Gasteiger partial charge in [-0.1, -0.05) is 18.1 Å². The van der Waals surface area contributed by atoms with Crippen molar-refractivity contribution in [3.8, 4) is 18.1 Å². The molecule has 1 unspecified atom stereocenters. The lowest BCUT2D eigenvalue weighted by atomic mass is 10.1. The van der Waals surface area contributed by atoms with Gasteiger partial charge < -0.3 is 10.4 Å². The van der Waals surface area contributed by atoms with Crippen molar-refractivity contribution < 1.29 is 9.50 Å². The van der Waals surface area contributed by atoms with Gasteiger partial charge in [0.1, 0.15) is 11.6 Å². The van der Waals surface area contributed by atoms with Crippen LogP contribution in [-0.4, -0.2) is 5.11 Å². The molecule has 1 atom stereocenters. The van der Waals surface area contributed by atoms with Gasteiger partial charge in [0.05, 0.1) is 6.04 Å². The van der Waals surface area contributed by atoms with Gasteiger partial charge in [-0.05, 0) is 31.2 Å². The summed E-state index contributed by atoms with van der Waals surface area (Å²) in [6.45, 7) is 1.85. The number of anilines is 1. The summed E-state index contributed by atoms with van der Waals surface area (Å²) in [6.07, 6.45) is 5.34. The molecule has 0 saturated heterocycles. The van der Waals surface area contributed by atoms with E-state index in [2.05, 4.69) is 11.2 Å². The fraction of sp³-hybridized carbons (Fsp3) is 0.125. The molecule has 0 aliphatic carbocycles. The molecule has 96 valence electrons. The third-order valence-corrected chi connectivity index (χ3v) is 2.86. The smallest absolute Gasteiger partial charge is 0.132 e. The van der Waals surface area contributed by atoms with Crippen molar-refractivity contribution in [1.82, 2.24) is 0 Å². The third kappa shape index (κ3) is 3.05. The SMILES string of the molecule is C#Cc1cccc(NC(C)c2ccc(O)cc2F)c1. The van der Waals surface area contributed by atoms with Gasteiger partial charge in [0.2, 0.25) is 0 Å². The highest BCUT2D eigenvalue weighted by molar-refractivity contribution is 5.51. The van der Waals surface area contributed by atoms with Crippen molar-refractivity contribution >= 4 is 5.69 Å². The van der Waals surface area contributed by atoms with E-state index in [1.807, 2.05) is 31.2 Å². The number of terminal acetylenes is 1. The summed E-state index contributed by atoms with van der Waals surface area (Å²) in [7, 11) is 0. The molecule has 0 fully saturated rings. The van der Waals surface area contributed by atoms with E-state index in [4.69, 9.17) is 6.42 Å². The Morgan fingerprint density at radius 2 is 2.05 bits per heavy atom. The summed E-state index contributed by atoms with van der Waals surface area (Å²) < 4.78 is 13.7. The molecule has 0 spiro atoms. The Labute approximate surface area is 111 Å². The maximum Gasteiger partial charge on any atom is 0.132 e. The molecule has 19 heavy (non-hydrogen) atoms. The summed E-state index contributed by atoms with van der Waals surface area (Å²) in [5.74, 6) is 2.03. The van der Waals surface area contributed by atoms with Crippen LogP contribution in [0.25, 0.3) is 0 Å². The summed E-state index contributed by atoms with van der Waals surface area (Å²) in [5, 5.41) is 12.4. The van der Waals surface area contributed by atoms with Crippen LogP contribution in [0.3, 0.4) is 0 Å². The van der Waals surface area contributed by atoms with Gasteiger partial charge in [0.25, 0.3) is 0 Å². The van der Waals surface area contributed by atoms with E-state index in [-0.39, 0.29) is 11.8 Å². The minimum absolute atomic E-state index is 0.0808. The van der Waals surface area contributed by atoms with Gasteiger partial charge in [-0.3, -0.25) is 0 Å². The lowest BCUT2D eigenvalue weighted by molar-refractivity contribution is 0.467. The predicted molar refractivity (Wildman–Crippen MR) is 74.5 cm³/mol. The van der Waals surface area contributed by atoms with Crippen LogP contribution >= 0.6 is 0 Å². The normalized spacial score (nSPS) is 11.6. The topological polar surface area (TPSA) is 32.3 Å². The summed E-state index contributed by atoms with van der Waals surface area (Å²) in [4.78, 5) is 0. The number of hydrogen-bond acceptors (Lipinski definition) is 2. The highest BCUT2D eigenvalue weighted by Gasteiger charge is 2.11. The fourth-order valence-corrected chi connectivity index (χ4v) is 1.89. The standard InChI is InChI=1S/C16H14FNO/c1-3-12-5-4-6-13(9-12)18-11(2)15-8-7-14(19)10-16(15)17/h1,4-11,18-19H,2H3. The first-order valence-corrected chi connectivity index (χ1v) is 5.92. The Morgan fingerprint density at radius 3 is 2.74 bits per heavy atom.